The number of hydrogen-bond donors (Lipinski definition) is 1. The third kappa shape index (κ3) is 3.53. The van der Waals surface area contributed by atoms with Crippen LogP contribution >= 0.6 is 0 Å². The molecule has 3 amide bonds. The summed E-state index contributed by atoms with van der Waals surface area (Å²) in [6, 6.07) is 13.6. The van der Waals surface area contributed by atoms with Gasteiger partial charge < -0.3 is 10.1 Å². The van der Waals surface area contributed by atoms with E-state index in [2.05, 4.69) is 5.32 Å². The summed E-state index contributed by atoms with van der Waals surface area (Å²) in [7, 11) is 1.58. The summed E-state index contributed by atoms with van der Waals surface area (Å²) in [5.41, 5.74) is 2.58. The fourth-order valence-electron chi connectivity index (χ4n) is 3.96. The number of allylic oxidation sites excluding steroid dienone is 2. The first-order chi connectivity index (χ1) is 14.0. The van der Waals surface area contributed by atoms with Gasteiger partial charge in [-0.25, -0.2) is 0 Å². The molecule has 0 bridgehead atoms. The molecule has 1 N–H and O–H groups in total. The number of anilines is 2. The highest BCUT2D eigenvalue weighted by molar-refractivity contribution is 6.22. The molecule has 148 valence electrons. The van der Waals surface area contributed by atoms with Crippen LogP contribution < -0.4 is 15.0 Å². The Morgan fingerprint density at radius 3 is 2.52 bits per heavy atom. The Labute approximate surface area is 169 Å². The van der Waals surface area contributed by atoms with Gasteiger partial charge in [-0.05, 0) is 62.2 Å². The molecule has 0 aromatic heterocycles. The van der Waals surface area contributed by atoms with E-state index >= 15 is 0 Å². The molecule has 1 heterocycles. The predicted octanol–water partition coefficient (Wildman–Crippen LogP) is 3.79. The number of nitrogens with zero attached hydrogens (tertiary/aromatic N) is 1. The summed E-state index contributed by atoms with van der Waals surface area (Å²) in [5, 5.41) is 2.81. The second kappa shape index (κ2) is 7.54. The second-order valence-electron chi connectivity index (χ2n) is 7.45. The molecule has 0 saturated carbocycles. The number of benzene rings is 2. The number of hydrogen-bond acceptors (Lipinski definition) is 4. The van der Waals surface area contributed by atoms with Crippen molar-refractivity contribution in [1.82, 2.24) is 0 Å². The first kappa shape index (κ1) is 18.9. The molecule has 2 aromatic carbocycles. The van der Waals surface area contributed by atoms with Crippen molar-refractivity contribution in [3.63, 3.8) is 0 Å². The van der Waals surface area contributed by atoms with Crippen LogP contribution in [0.15, 0.2) is 60.2 Å². The average Bonchev–Trinajstić information content (AvgIpc) is 2.98. The maximum Gasteiger partial charge on any atom is 0.255 e. The van der Waals surface area contributed by atoms with E-state index in [0.717, 1.165) is 5.57 Å². The lowest BCUT2D eigenvalue weighted by molar-refractivity contribution is -0.122. The van der Waals surface area contributed by atoms with Crippen LogP contribution in [-0.2, 0) is 9.59 Å². The van der Waals surface area contributed by atoms with Gasteiger partial charge in [0.2, 0.25) is 11.8 Å². The van der Waals surface area contributed by atoms with E-state index in [-0.39, 0.29) is 29.6 Å². The van der Waals surface area contributed by atoms with Crippen LogP contribution in [0.5, 0.6) is 5.75 Å². The molecular formula is C23H22N2O4. The lowest BCUT2D eigenvalue weighted by atomic mass is 9.82. The van der Waals surface area contributed by atoms with Gasteiger partial charge in [0.05, 0.1) is 24.6 Å². The zero-order valence-corrected chi connectivity index (χ0v) is 16.3. The number of carbonyl (C=O) groups is 3. The molecule has 2 aliphatic rings. The molecule has 4 rings (SSSR count). The molecule has 1 aliphatic carbocycles. The van der Waals surface area contributed by atoms with Crippen LogP contribution in [0.1, 0.15) is 30.1 Å². The van der Waals surface area contributed by atoms with E-state index in [4.69, 9.17) is 4.74 Å². The first-order valence-electron chi connectivity index (χ1n) is 9.57. The Hall–Kier alpha value is -3.41. The molecule has 6 nitrogen and oxygen atoms in total. The zero-order chi connectivity index (χ0) is 20.5. The summed E-state index contributed by atoms with van der Waals surface area (Å²) in [4.78, 5) is 39.6. The largest absolute Gasteiger partial charge is 0.497 e. The minimum absolute atomic E-state index is 0.180. The highest BCUT2D eigenvalue weighted by Gasteiger charge is 2.48. The average molecular weight is 390 g/mol. The lowest BCUT2D eigenvalue weighted by Gasteiger charge is -2.18. The summed E-state index contributed by atoms with van der Waals surface area (Å²) in [6.07, 6.45) is 3.24. The van der Waals surface area contributed by atoms with Gasteiger partial charge in [-0.1, -0.05) is 17.7 Å². The molecule has 1 aliphatic heterocycles. The van der Waals surface area contributed by atoms with Gasteiger partial charge in [-0.3, -0.25) is 19.3 Å². The number of amides is 3. The standard InChI is InChI=1S/C23H22N2O4/c1-14-6-11-19-20(12-14)23(28)25(22(19)27)17-5-3-4-15(13-17)21(26)24-16-7-9-18(29-2)10-8-16/h3-10,13,19-20H,11-12H2,1-2H3,(H,24,26)/t19-,20-/m1/s1. The van der Waals surface area contributed by atoms with Crippen LogP contribution in [0.25, 0.3) is 0 Å². The molecule has 6 heteroatoms. The van der Waals surface area contributed by atoms with E-state index < -0.39 is 0 Å². The van der Waals surface area contributed by atoms with Gasteiger partial charge in [0, 0.05) is 11.3 Å². The number of rotatable bonds is 4. The number of fused-ring (bicyclic) bond motifs is 1. The minimum atomic E-state index is -0.314. The predicted molar refractivity (Wildman–Crippen MR) is 110 cm³/mol. The first-order valence-corrected chi connectivity index (χ1v) is 9.57. The van der Waals surface area contributed by atoms with Crippen molar-refractivity contribution in [3.05, 3.63) is 65.7 Å². The summed E-state index contributed by atoms with van der Waals surface area (Å²) >= 11 is 0. The molecule has 29 heavy (non-hydrogen) atoms. The van der Waals surface area contributed by atoms with Crippen LogP contribution in [-0.4, -0.2) is 24.8 Å². The molecule has 2 atom stereocenters. The van der Waals surface area contributed by atoms with Gasteiger partial charge in [-0.2, -0.15) is 0 Å². The summed E-state index contributed by atoms with van der Waals surface area (Å²) in [5.74, 6) is -0.586. The minimum Gasteiger partial charge on any atom is -0.497 e. The van der Waals surface area contributed by atoms with Crippen molar-refractivity contribution in [2.75, 3.05) is 17.3 Å². The third-order valence-corrected chi connectivity index (χ3v) is 5.54. The number of methoxy groups -OCH3 is 1. The van der Waals surface area contributed by atoms with Crippen LogP contribution in [0.2, 0.25) is 0 Å². The number of nitrogens with one attached hydrogen (secondary N) is 1. The fourth-order valence-corrected chi connectivity index (χ4v) is 3.96. The van der Waals surface area contributed by atoms with Crippen molar-refractivity contribution >= 4 is 29.1 Å². The van der Waals surface area contributed by atoms with Crippen molar-refractivity contribution in [2.45, 2.75) is 19.8 Å². The smallest absolute Gasteiger partial charge is 0.255 e. The normalized spacial score (nSPS) is 20.9. The molecular weight excluding hydrogens is 368 g/mol. The maximum atomic E-state index is 12.9. The molecule has 0 unspecified atom stereocenters. The summed E-state index contributed by atoms with van der Waals surface area (Å²) in [6.45, 7) is 1.99. The van der Waals surface area contributed by atoms with Crippen molar-refractivity contribution in [2.24, 2.45) is 11.8 Å². The Morgan fingerprint density at radius 2 is 1.79 bits per heavy atom. The quantitative estimate of drug-likeness (QED) is 0.637. The SMILES string of the molecule is COc1ccc(NC(=O)c2cccc(N3C(=O)[C@@H]4CC=C(C)C[C@H]4C3=O)c2)cc1. The topological polar surface area (TPSA) is 75.7 Å². The Balaban J connectivity index is 1.55. The van der Waals surface area contributed by atoms with Crippen LogP contribution in [0.4, 0.5) is 11.4 Å². The monoisotopic (exact) mass is 390 g/mol. The molecule has 1 fully saturated rings. The number of carbonyl (C=O) groups excluding carboxylic acids is 3. The van der Waals surface area contributed by atoms with Gasteiger partial charge in [-0.15, -0.1) is 0 Å². The van der Waals surface area contributed by atoms with Crippen molar-refractivity contribution < 1.29 is 19.1 Å². The Morgan fingerprint density at radius 1 is 1.07 bits per heavy atom. The maximum absolute atomic E-state index is 12.9. The highest BCUT2D eigenvalue weighted by Crippen LogP contribution is 2.39. The van der Waals surface area contributed by atoms with Gasteiger partial charge in [0.1, 0.15) is 5.75 Å². The molecule has 1 saturated heterocycles. The lowest BCUT2D eigenvalue weighted by Crippen LogP contribution is -2.31. The van der Waals surface area contributed by atoms with Gasteiger partial charge >= 0.3 is 0 Å². The zero-order valence-electron chi connectivity index (χ0n) is 16.3. The van der Waals surface area contributed by atoms with Gasteiger partial charge in [0.15, 0.2) is 0 Å². The van der Waals surface area contributed by atoms with E-state index in [0.29, 0.717) is 35.5 Å². The van der Waals surface area contributed by atoms with E-state index in [1.807, 2.05) is 13.0 Å². The Kier molecular flexibility index (Phi) is 4.92. The number of ether oxygens (including phenoxy) is 1. The molecule has 2 aromatic rings. The number of imide groups is 1. The van der Waals surface area contributed by atoms with Crippen LogP contribution in [0.3, 0.4) is 0 Å². The van der Waals surface area contributed by atoms with E-state index in [9.17, 15) is 14.4 Å². The van der Waals surface area contributed by atoms with E-state index in [1.54, 1.807) is 55.6 Å². The van der Waals surface area contributed by atoms with E-state index in [1.165, 1.54) is 4.90 Å². The highest BCUT2D eigenvalue weighted by atomic mass is 16.5. The third-order valence-electron chi connectivity index (χ3n) is 5.54. The summed E-state index contributed by atoms with van der Waals surface area (Å²) < 4.78 is 5.11. The van der Waals surface area contributed by atoms with Crippen LogP contribution in [0, 0.1) is 11.8 Å². The Bertz CT molecular complexity index is 1010. The fraction of sp³-hybridized carbons (Fsp3) is 0.261. The molecule has 0 spiro atoms. The second-order valence-corrected chi connectivity index (χ2v) is 7.45. The van der Waals surface area contributed by atoms with Gasteiger partial charge in [0.25, 0.3) is 5.91 Å². The van der Waals surface area contributed by atoms with Crippen molar-refractivity contribution in [3.8, 4) is 5.75 Å². The molecule has 0 radical (unpaired) electrons. The van der Waals surface area contributed by atoms with Crippen molar-refractivity contribution in [1.29, 1.82) is 0 Å².